The number of benzene rings is 2. The second kappa shape index (κ2) is 8.84. The molecule has 0 radical (unpaired) electrons. The van der Waals surface area contributed by atoms with Gasteiger partial charge in [-0.05, 0) is 42.7 Å². The maximum atomic E-state index is 13.6. The number of pyridine rings is 1. The minimum absolute atomic E-state index is 0.0198. The molecule has 0 saturated heterocycles. The molecule has 0 unspecified atom stereocenters. The summed E-state index contributed by atoms with van der Waals surface area (Å²) >= 11 is 0. The van der Waals surface area contributed by atoms with Gasteiger partial charge in [0, 0.05) is 18.4 Å². The molecular weight excluding hydrogens is 392 g/mol. The Morgan fingerprint density at radius 3 is 2.42 bits per heavy atom. The number of methoxy groups -OCH3 is 2. The second-order valence-electron chi connectivity index (χ2n) is 8.02. The third kappa shape index (κ3) is 3.90. The molecule has 0 spiro atoms. The summed E-state index contributed by atoms with van der Waals surface area (Å²) in [5, 5.41) is 3.70. The summed E-state index contributed by atoms with van der Waals surface area (Å²) in [5.41, 5.74) is 1.77. The van der Waals surface area contributed by atoms with E-state index in [2.05, 4.69) is 5.32 Å². The van der Waals surface area contributed by atoms with Gasteiger partial charge < -0.3 is 19.4 Å². The highest BCUT2D eigenvalue weighted by Crippen LogP contribution is 2.35. The predicted octanol–water partition coefficient (Wildman–Crippen LogP) is 4.74. The number of amides is 1. The van der Waals surface area contributed by atoms with E-state index in [0.717, 1.165) is 31.2 Å². The van der Waals surface area contributed by atoms with Gasteiger partial charge in [-0.1, -0.05) is 37.5 Å². The molecule has 6 nitrogen and oxygen atoms in total. The number of hydrogen-bond acceptors (Lipinski definition) is 4. The monoisotopic (exact) mass is 420 g/mol. The van der Waals surface area contributed by atoms with Crippen LogP contribution < -0.4 is 20.2 Å². The van der Waals surface area contributed by atoms with Crippen LogP contribution in [0.5, 0.6) is 11.5 Å². The summed E-state index contributed by atoms with van der Waals surface area (Å²) in [6, 6.07) is 12.8. The molecule has 3 aromatic rings. The van der Waals surface area contributed by atoms with E-state index >= 15 is 0 Å². The number of ether oxygens (including phenoxy) is 2. The number of rotatable bonds is 5. The molecule has 1 aliphatic rings. The van der Waals surface area contributed by atoms with E-state index in [9.17, 15) is 9.59 Å². The van der Waals surface area contributed by atoms with E-state index in [-0.39, 0.29) is 17.3 Å². The zero-order valence-electron chi connectivity index (χ0n) is 18.2. The number of fused-ring (bicyclic) bond motifs is 1. The first-order chi connectivity index (χ1) is 15.0. The van der Waals surface area contributed by atoms with Crippen molar-refractivity contribution in [2.45, 2.75) is 32.1 Å². The minimum Gasteiger partial charge on any atom is -0.493 e. The number of carbonyl (C=O) groups excluding carboxylic acids is 1. The number of hydrogen-bond donors (Lipinski definition) is 1. The van der Waals surface area contributed by atoms with Gasteiger partial charge in [-0.15, -0.1) is 0 Å². The van der Waals surface area contributed by atoms with Gasteiger partial charge in [0.2, 0.25) is 5.91 Å². The fourth-order valence-corrected chi connectivity index (χ4v) is 4.48. The van der Waals surface area contributed by atoms with E-state index in [0.29, 0.717) is 33.8 Å². The quantitative estimate of drug-likeness (QED) is 0.647. The van der Waals surface area contributed by atoms with Crippen molar-refractivity contribution in [3.8, 4) is 22.6 Å². The van der Waals surface area contributed by atoms with Crippen molar-refractivity contribution in [2.75, 3.05) is 19.5 Å². The highest BCUT2D eigenvalue weighted by molar-refractivity contribution is 5.99. The molecule has 1 saturated carbocycles. The highest BCUT2D eigenvalue weighted by Gasteiger charge is 2.25. The summed E-state index contributed by atoms with van der Waals surface area (Å²) < 4.78 is 12.7. The summed E-state index contributed by atoms with van der Waals surface area (Å²) in [5.74, 6) is 1.57. The molecule has 6 heteroatoms. The summed E-state index contributed by atoms with van der Waals surface area (Å²) in [6.07, 6.45) is 5.09. The van der Waals surface area contributed by atoms with Crippen molar-refractivity contribution in [3.05, 3.63) is 52.7 Å². The first-order valence-corrected chi connectivity index (χ1v) is 10.7. The summed E-state index contributed by atoms with van der Waals surface area (Å²) in [7, 11) is 5.01. The van der Waals surface area contributed by atoms with E-state index in [1.807, 2.05) is 41.9 Å². The number of anilines is 1. The van der Waals surface area contributed by atoms with Crippen LogP contribution in [0, 0.1) is 5.92 Å². The van der Waals surface area contributed by atoms with Crippen LogP contribution in [0.2, 0.25) is 0 Å². The smallest absolute Gasteiger partial charge is 0.228 e. The zero-order chi connectivity index (χ0) is 22.0. The predicted molar refractivity (Wildman–Crippen MR) is 123 cm³/mol. The molecule has 1 amide bonds. The van der Waals surface area contributed by atoms with Crippen molar-refractivity contribution < 1.29 is 14.3 Å². The number of carbonyl (C=O) groups is 1. The third-order valence-corrected chi connectivity index (χ3v) is 6.20. The van der Waals surface area contributed by atoms with E-state index < -0.39 is 0 Å². The molecule has 31 heavy (non-hydrogen) atoms. The van der Waals surface area contributed by atoms with Crippen LogP contribution in [0.3, 0.4) is 0 Å². The molecule has 1 heterocycles. The standard InChI is InChI=1S/C25H28N2O4/c1-27-19-12-8-7-11-18(19)23(28)22(17-13-14-20(30-2)21(15-17)31-3)24(27)26-25(29)16-9-5-4-6-10-16/h7-8,11-16H,4-6,9-10H2,1-3H3,(H,26,29). The number of aromatic nitrogens is 1. The number of para-hydroxylation sites is 1. The lowest BCUT2D eigenvalue weighted by Crippen LogP contribution is -2.28. The van der Waals surface area contributed by atoms with Gasteiger partial charge in [0.25, 0.3) is 0 Å². The Kier molecular flexibility index (Phi) is 5.98. The lowest BCUT2D eigenvalue weighted by Gasteiger charge is -2.23. The van der Waals surface area contributed by atoms with Gasteiger partial charge in [0.1, 0.15) is 5.82 Å². The van der Waals surface area contributed by atoms with Gasteiger partial charge in [0.05, 0.1) is 25.3 Å². The number of aryl methyl sites for hydroxylation is 1. The van der Waals surface area contributed by atoms with Gasteiger partial charge >= 0.3 is 0 Å². The molecule has 1 N–H and O–H groups in total. The van der Waals surface area contributed by atoms with Gasteiger partial charge in [-0.3, -0.25) is 9.59 Å². The molecule has 2 aromatic carbocycles. The Morgan fingerprint density at radius 1 is 1.00 bits per heavy atom. The van der Waals surface area contributed by atoms with Crippen LogP contribution in [0.4, 0.5) is 5.82 Å². The number of nitrogens with one attached hydrogen (secondary N) is 1. The van der Waals surface area contributed by atoms with Gasteiger partial charge in [-0.2, -0.15) is 0 Å². The minimum atomic E-state index is -0.125. The van der Waals surface area contributed by atoms with Crippen molar-refractivity contribution in [1.82, 2.24) is 4.57 Å². The molecule has 162 valence electrons. The molecule has 0 atom stereocenters. The average molecular weight is 421 g/mol. The second-order valence-corrected chi connectivity index (χ2v) is 8.02. The fraction of sp³-hybridized carbons (Fsp3) is 0.360. The normalized spacial score (nSPS) is 14.4. The van der Waals surface area contributed by atoms with E-state index in [1.54, 1.807) is 26.4 Å². The van der Waals surface area contributed by atoms with Crippen LogP contribution in [-0.2, 0) is 11.8 Å². The maximum absolute atomic E-state index is 13.6. The van der Waals surface area contributed by atoms with Crippen molar-refractivity contribution in [1.29, 1.82) is 0 Å². The molecule has 0 aliphatic heterocycles. The SMILES string of the molecule is COc1ccc(-c2c(NC(=O)C3CCCCC3)n(C)c3ccccc3c2=O)cc1OC. The molecular formula is C25H28N2O4. The van der Waals surface area contributed by atoms with Gasteiger partial charge in [0.15, 0.2) is 16.9 Å². The molecule has 1 aromatic heterocycles. The Morgan fingerprint density at radius 2 is 1.71 bits per heavy atom. The molecule has 0 bridgehead atoms. The van der Waals surface area contributed by atoms with Crippen LogP contribution in [0.15, 0.2) is 47.3 Å². The topological polar surface area (TPSA) is 69.6 Å². The van der Waals surface area contributed by atoms with Crippen LogP contribution in [0.1, 0.15) is 32.1 Å². The molecule has 4 rings (SSSR count). The van der Waals surface area contributed by atoms with Crippen molar-refractivity contribution in [3.63, 3.8) is 0 Å². The highest BCUT2D eigenvalue weighted by atomic mass is 16.5. The van der Waals surface area contributed by atoms with Crippen LogP contribution >= 0.6 is 0 Å². The van der Waals surface area contributed by atoms with E-state index in [4.69, 9.17) is 9.47 Å². The molecule has 1 aliphatic carbocycles. The number of nitrogens with zero attached hydrogens (tertiary/aromatic N) is 1. The Bertz CT molecular complexity index is 1180. The third-order valence-electron chi connectivity index (χ3n) is 6.20. The summed E-state index contributed by atoms with van der Waals surface area (Å²) in [4.78, 5) is 26.7. The van der Waals surface area contributed by atoms with E-state index in [1.165, 1.54) is 6.42 Å². The first kappa shape index (κ1) is 21.0. The van der Waals surface area contributed by atoms with Crippen molar-refractivity contribution in [2.24, 2.45) is 13.0 Å². The van der Waals surface area contributed by atoms with Gasteiger partial charge in [-0.25, -0.2) is 0 Å². The maximum Gasteiger partial charge on any atom is 0.228 e. The average Bonchev–Trinajstić information content (AvgIpc) is 2.82. The first-order valence-electron chi connectivity index (χ1n) is 10.7. The largest absolute Gasteiger partial charge is 0.493 e. The van der Waals surface area contributed by atoms with Crippen LogP contribution in [0.25, 0.3) is 22.0 Å². The Hall–Kier alpha value is -3.28. The lowest BCUT2D eigenvalue weighted by molar-refractivity contribution is -0.120. The lowest BCUT2D eigenvalue weighted by atomic mass is 9.88. The summed E-state index contributed by atoms with van der Waals surface area (Å²) in [6.45, 7) is 0. The molecule has 1 fully saturated rings. The zero-order valence-corrected chi connectivity index (χ0v) is 18.2. The fourth-order valence-electron chi connectivity index (χ4n) is 4.48. The Balaban J connectivity index is 1.90. The van der Waals surface area contributed by atoms with Crippen molar-refractivity contribution >= 4 is 22.6 Å². The Labute approximate surface area is 181 Å². The van der Waals surface area contributed by atoms with Crippen LogP contribution in [-0.4, -0.2) is 24.7 Å².